The van der Waals surface area contributed by atoms with Gasteiger partial charge in [0.2, 0.25) is 0 Å². The Hall–Kier alpha value is -2.63. The van der Waals surface area contributed by atoms with Gasteiger partial charge in [0.25, 0.3) is 5.56 Å². The van der Waals surface area contributed by atoms with Crippen molar-refractivity contribution in [3.05, 3.63) is 40.2 Å². The largest absolute Gasteiger partial charge is 0.416 e. The van der Waals surface area contributed by atoms with Crippen LogP contribution in [0, 0.1) is 0 Å². The molecule has 7 nitrogen and oxygen atoms in total. The van der Waals surface area contributed by atoms with Crippen LogP contribution in [0.3, 0.4) is 0 Å². The Labute approximate surface area is 192 Å². The van der Waals surface area contributed by atoms with Crippen LogP contribution in [0.2, 0.25) is 0 Å². The molecule has 0 aliphatic carbocycles. The number of alkyl halides is 3. The first-order valence-electron chi connectivity index (χ1n) is 10.9. The quantitative estimate of drug-likeness (QED) is 0.530. The number of halogens is 3. The molecule has 0 bridgehead atoms. The van der Waals surface area contributed by atoms with Gasteiger partial charge in [-0.15, -0.1) is 11.3 Å². The smallest absolute Gasteiger partial charge is 0.380 e. The molecule has 0 amide bonds. The van der Waals surface area contributed by atoms with Crippen molar-refractivity contribution in [2.75, 3.05) is 49.6 Å². The molecule has 4 heterocycles. The predicted octanol–water partition coefficient (Wildman–Crippen LogP) is 3.67. The molecule has 0 spiro atoms. The minimum absolute atomic E-state index is 0.142. The third-order valence-electron chi connectivity index (χ3n) is 5.96. The Morgan fingerprint density at radius 3 is 2.76 bits per heavy atom. The topological polar surface area (TPSA) is 82.3 Å². The van der Waals surface area contributed by atoms with Crippen LogP contribution in [0.5, 0.6) is 0 Å². The molecule has 2 saturated heterocycles. The van der Waals surface area contributed by atoms with E-state index < -0.39 is 11.7 Å². The van der Waals surface area contributed by atoms with Crippen molar-refractivity contribution in [2.45, 2.75) is 25.1 Å². The summed E-state index contributed by atoms with van der Waals surface area (Å²) in [5, 5.41) is 7.24. The number of morpholine rings is 1. The first-order chi connectivity index (χ1) is 15.9. The molecular formula is C22H24F3N5O2S. The summed E-state index contributed by atoms with van der Waals surface area (Å²) < 4.78 is 45.5. The molecule has 3 N–H and O–H groups in total. The van der Waals surface area contributed by atoms with Gasteiger partial charge in [-0.25, -0.2) is 4.98 Å². The van der Waals surface area contributed by atoms with E-state index in [0.717, 1.165) is 38.1 Å². The molecule has 0 saturated carbocycles. The van der Waals surface area contributed by atoms with Gasteiger partial charge in [0, 0.05) is 31.7 Å². The molecule has 2 aromatic heterocycles. The normalized spacial score (nSPS) is 19.7. The number of rotatable bonds is 4. The summed E-state index contributed by atoms with van der Waals surface area (Å²) in [5.41, 5.74) is 0.151. The zero-order valence-corrected chi connectivity index (χ0v) is 18.6. The number of pyridine rings is 1. The second-order valence-corrected chi connectivity index (χ2v) is 9.29. The number of aromatic nitrogens is 2. The van der Waals surface area contributed by atoms with Gasteiger partial charge in [-0.2, -0.15) is 13.2 Å². The van der Waals surface area contributed by atoms with Crippen molar-refractivity contribution in [1.82, 2.24) is 15.3 Å². The molecule has 0 unspecified atom stereocenters. The average Bonchev–Trinajstić information content (AvgIpc) is 3.22. The number of piperidine rings is 1. The summed E-state index contributed by atoms with van der Waals surface area (Å²) in [5.74, 6) is 0.693. The van der Waals surface area contributed by atoms with Crippen molar-refractivity contribution >= 4 is 33.1 Å². The van der Waals surface area contributed by atoms with Crippen LogP contribution < -0.4 is 21.1 Å². The maximum atomic E-state index is 13.3. The molecule has 2 fully saturated rings. The van der Waals surface area contributed by atoms with E-state index in [-0.39, 0.29) is 17.1 Å². The van der Waals surface area contributed by atoms with Gasteiger partial charge < -0.3 is 25.3 Å². The van der Waals surface area contributed by atoms with Crippen molar-refractivity contribution in [3.63, 3.8) is 0 Å². The number of ether oxygens (including phenoxy) is 1. The highest BCUT2D eigenvalue weighted by molar-refractivity contribution is 7.21. The summed E-state index contributed by atoms with van der Waals surface area (Å²) in [6.07, 6.45) is -2.47. The van der Waals surface area contributed by atoms with Gasteiger partial charge in [-0.3, -0.25) is 4.79 Å². The Kier molecular flexibility index (Phi) is 6.02. The first-order valence-corrected chi connectivity index (χ1v) is 11.8. The van der Waals surface area contributed by atoms with E-state index in [9.17, 15) is 18.0 Å². The fourth-order valence-electron chi connectivity index (χ4n) is 4.25. The van der Waals surface area contributed by atoms with Crippen LogP contribution in [-0.2, 0) is 10.9 Å². The maximum absolute atomic E-state index is 13.3. The summed E-state index contributed by atoms with van der Waals surface area (Å²) >= 11 is 1.21. The Bertz CT molecular complexity index is 1200. The second-order valence-electron chi connectivity index (χ2n) is 8.26. The first kappa shape index (κ1) is 22.2. The number of fused-ring (bicyclic) bond motifs is 1. The summed E-state index contributed by atoms with van der Waals surface area (Å²) in [4.78, 5) is 22.7. The van der Waals surface area contributed by atoms with Crippen LogP contribution >= 0.6 is 11.3 Å². The molecule has 5 rings (SSSR count). The number of hydrogen-bond donors (Lipinski definition) is 3. The number of nitrogens with one attached hydrogen (secondary N) is 3. The zero-order chi connectivity index (χ0) is 23.0. The standard InChI is InChI=1S/C22H24F3N5O2S/c23-22(24,25)13-3-4-17-15(10-13)28-21(33-17)19-16(27-14-2-1-5-26-12-14)11-18(29-20(19)31)30-6-8-32-9-7-30/h3-4,10-11,14,26H,1-2,5-9,12H2,(H2,27,29,31)/t14-/m1/s1. The molecule has 1 aromatic carbocycles. The number of H-pyrrole nitrogens is 1. The van der Waals surface area contributed by atoms with Crippen LogP contribution in [0.25, 0.3) is 20.8 Å². The molecule has 2 aliphatic heterocycles. The summed E-state index contributed by atoms with van der Waals surface area (Å²) in [6, 6.07) is 5.53. The number of benzene rings is 1. The highest BCUT2D eigenvalue weighted by Gasteiger charge is 2.31. The number of hydrogen-bond acceptors (Lipinski definition) is 7. The van der Waals surface area contributed by atoms with E-state index in [1.807, 2.05) is 6.07 Å². The maximum Gasteiger partial charge on any atom is 0.416 e. The van der Waals surface area contributed by atoms with Crippen molar-refractivity contribution < 1.29 is 17.9 Å². The zero-order valence-electron chi connectivity index (χ0n) is 17.8. The predicted molar refractivity (Wildman–Crippen MR) is 123 cm³/mol. The summed E-state index contributed by atoms with van der Waals surface area (Å²) in [6.45, 7) is 4.23. The van der Waals surface area contributed by atoms with E-state index in [4.69, 9.17) is 4.74 Å². The molecule has 0 radical (unpaired) electrons. The fraction of sp³-hybridized carbons (Fsp3) is 0.455. The number of aromatic amines is 1. The Morgan fingerprint density at radius 2 is 2.03 bits per heavy atom. The van der Waals surface area contributed by atoms with Crippen LogP contribution in [-0.4, -0.2) is 55.4 Å². The van der Waals surface area contributed by atoms with Crippen LogP contribution in [0.4, 0.5) is 24.7 Å². The van der Waals surface area contributed by atoms with Gasteiger partial charge >= 0.3 is 6.18 Å². The minimum atomic E-state index is -4.45. The number of thiazole rings is 1. The molecule has 176 valence electrons. The van der Waals surface area contributed by atoms with E-state index in [1.165, 1.54) is 17.4 Å². The molecule has 11 heteroatoms. The third kappa shape index (κ3) is 4.71. The Morgan fingerprint density at radius 1 is 1.21 bits per heavy atom. The highest BCUT2D eigenvalue weighted by atomic mass is 32.1. The van der Waals surface area contributed by atoms with E-state index >= 15 is 0 Å². The fourth-order valence-corrected chi connectivity index (χ4v) is 5.25. The van der Waals surface area contributed by atoms with Crippen LogP contribution in [0.1, 0.15) is 18.4 Å². The van der Waals surface area contributed by atoms with Gasteiger partial charge in [0.15, 0.2) is 0 Å². The third-order valence-corrected chi connectivity index (χ3v) is 7.01. The van der Waals surface area contributed by atoms with Crippen LogP contribution in [0.15, 0.2) is 29.1 Å². The lowest BCUT2D eigenvalue weighted by Crippen LogP contribution is -2.40. The van der Waals surface area contributed by atoms with Crippen molar-refractivity contribution in [2.24, 2.45) is 0 Å². The minimum Gasteiger partial charge on any atom is -0.380 e. The van der Waals surface area contributed by atoms with E-state index in [0.29, 0.717) is 53.1 Å². The SMILES string of the molecule is O=c1[nH]c(N2CCOCC2)cc(N[C@@H]2CCCNC2)c1-c1nc2cc(C(F)(F)F)ccc2s1. The monoisotopic (exact) mass is 479 g/mol. The molecule has 33 heavy (non-hydrogen) atoms. The molecule has 1 atom stereocenters. The number of nitrogens with zero attached hydrogens (tertiary/aromatic N) is 2. The Balaban J connectivity index is 1.58. The average molecular weight is 480 g/mol. The van der Waals surface area contributed by atoms with E-state index in [2.05, 4.69) is 25.5 Å². The van der Waals surface area contributed by atoms with E-state index in [1.54, 1.807) is 0 Å². The van der Waals surface area contributed by atoms with Gasteiger partial charge in [-0.1, -0.05) is 0 Å². The lowest BCUT2D eigenvalue weighted by Gasteiger charge is -2.30. The van der Waals surface area contributed by atoms with Gasteiger partial charge in [0.1, 0.15) is 10.8 Å². The lowest BCUT2D eigenvalue weighted by atomic mass is 10.1. The second kappa shape index (κ2) is 8.96. The molecular weight excluding hydrogens is 455 g/mol. The van der Waals surface area contributed by atoms with Crippen molar-refractivity contribution in [3.8, 4) is 10.6 Å². The highest BCUT2D eigenvalue weighted by Crippen LogP contribution is 2.37. The van der Waals surface area contributed by atoms with Gasteiger partial charge in [0.05, 0.1) is 40.2 Å². The summed E-state index contributed by atoms with van der Waals surface area (Å²) in [7, 11) is 0. The number of anilines is 2. The van der Waals surface area contributed by atoms with Gasteiger partial charge in [-0.05, 0) is 37.6 Å². The molecule has 3 aromatic rings. The molecule has 2 aliphatic rings. The van der Waals surface area contributed by atoms with Crippen molar-refractivity contribution in [1.29, 1.82) is 0 Å². The lowest BCUT2D eigenvalue weighted by molar-refractivity contribution is -0.137.